The van der Waals surface area contributed by atoms with Gasteiger partial charge in [0.1, 0.15) is 0 Å². The summed E-state index contributed by atoms with van der Waals surface area (Å²) in [5.41, 5.74) is 9.43. The minimum Gasteiger partial charge on any atom is -0.309 e. The topological polar surface area (TPSA) is 8.17 Å². The maximum absolute atomic E-state index is 2.45. The molecule has 0 unspecified atom stereocenters. The van der Waals surface area contributed by atoms with Crippen LogP contribution in [-0.4, -0.2) is 4.57 Å². The lowest BCUT2D eigenvalue weighted by molar-refractivity contribution is 1.18. The van der Waals surface area contributed by atoms with Crippen LogP contribution in [-0.2, 0) is 0 Å². The van der Waals surface area contributed by atoms with E-state index in [4.69, 9.17) is 0 Å². The molecule has 0 fully saturated rings. The molecule has 0 amide bonds. The third kappa shape index (κ3) is 4.47. The molecule has 0 atom stereocenters. The van der Waals surface area contributed by atoms with E-state index in [0.29, 0.717) is 0 Å². The molecule has 10 aromatic rings. The van der Waals surface area contributed by atoms with Crippen molar-refractivity contribution in [3.8, 4) is 16.8 Å². The van der Waals surface area contributed by atoms with E-state index < -0.39 is 0 Å². The van der Waals surface area contributed by atoms with Crippen LogP contribution < -0.4 is 4.90 Å². The van der Waals surface area contributed by atoms with Crippen molar-refractivity contribution in [1.82, 2.24) is 4.57 Å². The lowest BCUT2D eigenvalue weighted by Gasteiger charge is -2.26. The average molecular weight is 643 g/mol. The van der Waals surface area contributed by atoms with Crippen LogP contribution in [0.2, 0.25) is 0 Å². The molecule has 0 aliphatic rings. The highest BCUT2D eigenvalue weighted by Crippen LogP contribution is 2.47. The van der Waals surface area contributed by atoms with Crippen LogP contribution in [0, 0.1) is 0 Å². The predicted octanol–water partition coefficient (Wildman–Crippen LogP) is 13.4. The number of benzene rings is 8. The molecule has 0 spiro atoms. The Kier molecular flexibility index (Phi) is 6.39. The Morgan fingerprint density at radius 2 is 1.08 bits per heavy atom. The molecule has 10 rings (SSSR count). The second-order valence-corrected chi connectivity index (χ2v) is 13.6. The van der Waals surface area contributed by atoms with Crippen LogP contribution in [0.15, 0.2) is 182 Å². The van der Waals surface area contributed by atoms with Crippen LogP contribution in [0.3, 0.4) is 0 Å². The molecule has 0 bridgehead atoms. The Bertz CT molecular complexity index is 2810. The second kappa shape index (κ2) is 11.2. The summed E-state index contributed by atoms with van der Waals surface area (Å²) in [7, 11) is 0. The third-order valence-corrected chi connectivity index (χ3v) is 11.0. The number of hydrogen-bond donors (Lipinski definition) is 0. The zero-order valence-electron chi connectivity index (χ0n) is 26.6. The molecule has 3 heteroatoms. The Morgan fingerprint density at radius 3 is 1.92 bits per heavy atom. The molecule has 2 nitrogen and oxygen atoms in total. The summed E-state index contributed by atoms with van der Waals surface area (Å²) in [5, 5.41) is 7.68. The van der Waals surface area contributed by atoms with Crippen LogP contribution in [0.5, 0.6) is 0 Å². The number of aromatic nitrogens is 1. The number of nitrogens with zero attached hydrogens (tertiary/aromatic N) is 2. The summed E-state index contributed by atoms with van der Waals surface area (Å²) in [6.07, 6.45) is 0. The fourth-order valence-electron chi connectivity index (χ4n) is 7.55. The first-order chi connectivity index (χ1) is 24.3. The van der Waals surface area contributed by atoms with Gasteiger partial charge in [0.2, 0.25) is 0 Å². The Labute approximate surface area is 288 Å². The minimum atomic E-state index is 1.13. The number of anilines is 3. The van der Waals surface area contributed by atoms with Crippen molar-refractivity contribution in [2.24, 2.45) is 0 Å². The number of fused-ring (bicyclic) bond motifs is 8. The van der Waals surface area contributed by atoms with Gasteiger partial charge in [0.15, 0.2) is 0 Å². The van der Waals surface area contributed by atoms with Gasteiger partial charge in [-0.25, -0.2) is 0 Å². The monoisotopic (exact) mass is 642 g/mol. The van der Waals surface area contributed by atoms with Crippen molar-refractivity contribution in [3.63, 3.8) is 0 Å². The maximum atomic E-state index is 2.45. The number of hydrogen-bond acceptors (Lipinski definition) is 2. The Hall–Kier alpha value is -6.16. The maximum Gasteiger partial charge on any atom is 0.0640 e. The minimum absolute atomic E-state index is 1.13. The van der Waals surface area contributed by atoms with Crippen LogP contribution in [0.1, 0.15) is 0 Å². The second-order valence-electron chi connectivity index (χ2n) is 12.6. The van der Waals surface area contributed by atoms with Crippen LogP contribution in [0.25, 0.3) is 69.6 Å². The molecule has 0 N–H and O–H groups in total. The van der Waals surface area contributed by atoms with E-state index in [1.165, 1.54) is 69.6 Å². The first kappa shape index (κ1) is 27.9. The summed E-state index contributed by atoms with van der Waals surface area (Å²) < 4.78 is 4.97. The van der Waals surface area contributed by atoms with Crippen molar-refractivity contribution < 1.29 is 0 Å². The fourth-order valence-corrected chi connectivity index (χ4v) is 8.77. The zero-order valence-corrected chi connectivity index (χ0v) is 27.4. The van der Waals surface area contributed by atoms with Gasteiger partial charge in [-0.3, -0.25) is 0 Å². The molecule has 0 aliphatic heterocycles. The van der Waals surface area contributed by atoms with Gasteiger partial charge in [-0.1, -0.05) is 121 Å². The van der Waals surface area contributed by atoms with Crippen molar-refractivity contribution in [3.05, 3.63) is 182 Å². The van der Waals surface area contributed by atoms with E-state index in [0.717, 1.165) is 17.1 Å². The van der Waals surface area contributed by atoms with E-state index in [2.05, 4.69) is 191 Å². The highest BCUT2D eigenvalue weighted by atomic mass is 32.1. The average Bonchev–Trinajstić information content (AvgIpc) is 3.72. The van der Waals surface area contributed by atoms with Gasteiger partial charge in [-0.2, -0.15) is 0 Å². The smallest absolute Gasteiger partial charge is 0.0640 e. The zero-order chi connectivity index (χ0) is 32.3. The fraction of sp³-hybridized carbons (Fsp3) is 0. The van der Waals surface area contributed by atoms with Crippen molar-refractivity contribution in [2.75, 3.05) is 4.90 Å². The van der Waals surface area contributed by atoms with Crippen LogP contribution >= 0.6 is 11.3 Å². The summed E-state index contributed by atoms with van der Waals surface area (Å²) >= 11 is 1.88. The molecule has 2 heterocycles. The van der Waals surface area contributed by atoms with Crippen molar-refractivity contribution in [1.29, 1.82) is 0 Å². The van der Waals surface area contributed by atoms with Gasteiger partial charge in [0.25, 0.3) is 0 Å². The molecule has 2 aromatic heterocycles. The molecular weight excluding hydrogens is 613 g/mol. The molecule has 49 heavy (non-hydrogen) atoms. The van der Waals surface area contributed by atoms with Gasteiger partial charge in [0.05, 0.1) is 21.4 Å². The summed E-state index contributed by atoms with van der Waals surface area (Å²) in [6.45, 7) is 0. The van der Waals surface area contributed by atoms with Crippen LogP contribution in [0.4, 0.5) is 17.1 Å². The van der Waals surface area contributed by atoms with E-state index in [1.807, 2.05) is 11.3 Å². The van der Waals surface area contributed by atoms with Gasteiger partial charge in [-0.05, 0) is 82.6 Å². The highest BCUT2D eigenvalue weighted by molar-refractivity contribution is 7.26. The van der Waals surface area contributed by atoms with Gasteiger partial charge in [0, 0.05) is 43.3 Å². The standard InChI is InChI=1S/C46H30N2S/c1-3-12-31(13-4-1)32-22-25-35(26-23-32)47(43-21-11-19-39-45-37-17-8-7-14-33(37)24-29-44(45)49-46(39)43)36-27-28-42-40(30-36)38-18-9-10-20-41(38)48(42)34-15-5-2-6-16-34/h1-30H. The summed E-state index contributed by atoms with van der Waals surface area (Å²) in [6, 6.07) is 66.1. The Morgan fingerprint density at radius 1 is 0.429 bits per heavy atom. The highest BCUT2D eigenvalue weighted by Gasteiger charge is 2.21. The molecule has 0 aliphatic carbocycles. The van der Waals surface area contributed by atoms with Crippen molar-refractivity contribution in [2.45, 2.75) is 0 Å². The van der Waals surface area contributed by atoms with E-state index >= 15 is 0 Å². The normalized spacial score (nSPS) is 11.7. The van der Waals surface area contributed by atoms with E-state index in [-0.39, 0.29) is 0 Å². The van der Waals surface area contributed by atoms with E-state index in [1.54, 1.807) is 0 Å². The quantitative estimate of drug-likeness (QED) is 0.181. The largest absolute Gasteiger partial charge is 0.309 e. The first-order valence-corrected chi connectivity index (χ1v) is 17.5. The van der Waals surface area contributed by atoms with Gasteiger partial charge in [-0.15, -0.1) is 11.3 Å². The first-order valence-electron chi connectivity index (χ1n) is 16.7. The van der Waals surface area contributed by atoms with Gasteiger partial charge >= 0.3 is 0 Å². The summed E-state index contributed by atoms with van der Waals surface area (Å²) in [5.74, 6) is 0. The van der Waals surface area contributed by atoms with E-state index in [9.17, 15) is 0 Å². The van der Waals surface area contributed by atoms with Gasteiger partial charge < -0.3 is 9.47 Å². The third-order valence-electron chi connectivity index (χ3n) is 9.77. The molecule has 0 saturated carbocycles. The number of rotatable bonds is 5. The number of para-hydroxylation sites is 2. The number of thiophene rings is 1. The molecule has 0 radical (unpaired) electrons. The molecular formula is C46H30N2S. The lowest BCUT2D eigenvalue weighted by atomic mass is 10.0. The van der Waals surface area contributed by atoms with Crippen molar-refractivity contribution >= 4 is 81.1 Å². The molecule has 0 saturated heterocycles. The Balaban J connectivity index is 1.23. The molecule has 8 aromatic carbocycles. The summed E-state index contributed by atoms with van der Waals surface area (Å²) in [4.78, 5) is 2.45. The molecule has 230 valence electrons. The lowest BCUT2D eigenvalue weighted by Crippen LogP contribution is -2.10. The SMILES string of the molecule is c1ccc(-c2ccc(N(c3ccc4c(c3)c3ccccc3n4-c3ccccc3)c3cccc4c3sc3ccc5ccccc5c34)cc2)cc1. The predicted molar refractivity (Wildman–Crippen MR) is 211 cm³/mol.